The number of carboxylic acid groups (broad SMARTS) is 1. The Kier molecular flexibility index (Phi) is 3.81. The molecule has 0 radical (unpaired) electrons. The largest absolute Gasteiger partial charge is 0.481 e. The minimum absolute atomic E-state index is 0.129. The zero-order chi connectivity index (χ0) is 17.4. The number of aliphatic carboxylic acids is 1. The summed E-state index contributed by atoms with van der Waals surface area (Å²) in [7, 11) is 0. The van der Waals surface area contributed by atoms with E-state index >= 15 is 0 Å². The van der Waals surface area contributed by atoms with Crippen molar-refractivity contribution >= 4 is 16.7 Å². The van der Waals surface area contributed by atoms with Crippen LogP contribution in [0.25, 0.3) is 16.5 Å². The van der Waals surface area contributed by atoms with Gasteiger partial charge in [-0.2, -0.15) is 0 Å². The summed E-state index contributed by atoms with van der Waals surface area (Å²) >= 11 is 0. The average Bonchev–Trinajstić information content (AvgIpc) is 3.17. The third kappa shape index (κ3) is 2.51. The van der Waals surface area contributed by atoms with Crippen molar-refractivity contribution in [1.29, 1.82) is 0 Å². The van der Waals surface area contributed by atoms with Gasteiger partial charge < -0.3 is 15.4 Å². The number of aromatic nitrogens is 2. The Morgan fingerprint density at radius 1 is 1.28 bits per heavy atom. The number of benzene rings is 2. The summed E-state index contributed by atoms with van der Waals surface area (Å²) in [6.07, 6.45) is 5.93. The highest BCUT2D eigenvalue weighted by Crippen LogP contribution is 2.56. The van der Waals surface area contributed by atoms with Crippen molar-refractivity contribution in [2.75, 3.05) is 6.54 Å². The third-order valence-electron chi connectivity index (χ3n) is 5.33. The molecule has 1 aliphatic carbocycles. The Balaban J connectivity index is 1.71. The molecule has 0 spiro atoms. The highest BCUT2D eigenvalue weighted by molar-refractivity contribution is 5.90. The van der Waals surface area contributed by atoms with Crippen LogP contribution in [0.4, 0.5) is 0 Å². The maximum Gasteiger partial charge on any atom is 0.316 e. The lowest BCUT2D eigenvalue weighted by Gasteiger charge is -2.10. The first kappa shape index (κ1) is 15.8. The fraction of sp³-hybridized carbons (Fsp3) is 0.300. The van der Waals surface area contributed by atoms with Crippen molar-refractivity contribution in [2.45, 2.75) is 24.7 Å². The van der Waals surface area contributed by atoms with Crippen molar-refractivity contribution in [3.63, 3.8) is 0 Å². The molecule has 1 saturated carbocycles. The number of nitrogens with two attached hydrogens (primary N) is 1. The van der Waals surface area contributed by atoms with Crippen LogP contribution in [-0.4, -0.2) is 27.2 Å². The minimum Gasteiger partial charge on any atom is -0.481 e. The van der Waals surface area contributed by atoms with Crippen molar-refractivity contribution in [2.24, 2.45) is 11.7 Å². The lowest BCUT2D eigenvalue weighted by Crippen LogP contribution is -2.23. The molecule has 128 valence electrons. The molecule has 25 heavy (non-hydrogen) atoms. The van der Waals surface area contributed by atoms with Gasteiger partial charge >= 0.3 is 5.97 Å². The van der Waals surface area contributed by atoms with Crippen LogP contribution in [0.3, 0.4) is 0 Å². The molecular weight excluding hydrogens is 314 g/mol. The number of imidazole rings is 1. The Labute approximate surface area is 146 Å². The van der Waals surface area contributed by atoms with Gasteiger partial charge in [0.1, 0.15) is 5.41 Å². The molecule has 1 aliphatic rings. The number of carbonyl (C=O) groups is 1. The lowest BCUT2D eigenvalue weighted by atomic mass is 9.98. The van der Waals surface area contributed by atoms with Crippen molar-refractivity contribution in [3.8, 4) is 5.69 Å². The number of hydrogen-bond acceptors (Lipinski definition) is 3. The molecule has 1 fully saturated rings. The van der Waals surface area contributed by atoms with Crippen LogP contribution >= 0.6 is 0 Å². The first-order chi connectivity index (χ1) is 12.2. The van der Waals surface area contributed by atoms with Gasteiger partial charge in [-0.3, -0.25) is 4.79 Å². The van der Waals surface area contributed by atoms with E-state index in [0.717, 1.165) is 29.3 Å². The van der Waals surface area contributed by atoms with Crippen LogP contribution in [-0.2, 0) is 10.2 Å². The van der Waals surface area contributed by atoms with Gasteiger partial charge in [0, 0.05) is 11.6 Å². The molecule has 0 unspecified atom stereocenters. The first-order valence-electron chi connectivity index (χ1n) is 8.63. The SMILES string of the molecule is NCCC[C@@H]1C[C@@]1(C(=O)O)c1cn(-c2cccc3ccccc23)cn1. The van der Waals surface area contributed by atoms with Crippen LogP contribution in [0.2, 0.25) is 0 Å². The standard InChI is InChI=1S/C20H21N3O2/c21-10-4-7-15-11-20(15,19(24)25)18-12-23(13-22-18)17-9-3-6-14-5-1-2-8-16(14)17/h1-3,5-6,8-9,12-13,15H,4,7,10-11,21H2,(H,24,25)/t15-,20+/m1/s1. The van der Waals surface area contributed by atoms with Crippen LogP contribution < -0.4 is 5.73 Å². The number of carboxylic acids is 1. The Bertz CT molecular complexity index is 928. The topological polar surface area (TPSA) is 81.1 Å². The predicted octanol–water partition coefficient (Wildman–Crippen LogP) is 3.11. The van der Waals surface area contributed by atoms with Crippen molar-refractivity contribution < 1.29 is 9.90 Å². The van der Waals surface area contributed by atoms with E-state index in [1.54, 1.807) is 6.33 Å². The molecular formula is C20H21N3O2. The fourth-order valence-corrected chi connectivity index (χ4v) is 3.85. The summed E-state index contributed by atoms with van der Waals surface area (Å²) in [5, 5.41) is 12.1. The Hall–Kier alpha value is -2.66. The van der Waals surface area contributed by atoms with Gasteiger partial charge in [0.25, 0.3) is 0 Å². The second-order valence-electron chi connectivity index (χ2n) is 6.77. The van der Waals surface area contributed by atoms with E-state index < -0.39 is 11.4 Å². The fourth-order valence-electron chi connectivity index (χ4n) is 3.85. The number of fused-ring (bicyclic) bond motifs is 1. The normalized spacial score (nSPS) is 22.2. The van der Waals surface area contributed by atoms with E-state index in [-0.39, 0.29) is 5.92 Å². The van der Waals surface area contributed by atoms with Gasteiger partial charge in [0.15, 0.2) is 0 Å². The van der Waals surface area contributed by atoms with Crippen LogP contribution in [0.1, 0.15) is 25.0 Å². The zero-order valence-electron chi connectivity index (χ0n) is 13.9. The number of nitrogens with zero attached hydrogens (tertiary/aromatic N) is 2. The maximum atomic E-state index is 11.9. The van der Waals surface area contributed by atoms with Crippen molar-refractivity contribution in [3.05, 3.63) is 60.7 Å². The monoisotopic (exact) mass is 335 g/mol. The molecule has 3 N–H and O–H groups in total. The molecule has 0 saturated heterocycles. The smallest absolute Gasteiger partial charge is 0.316 e. The Morgan fingerprint density at radius 2 is 2.08 bits per heavy atom. The second kappa shape index (κ2) is 6.01. The van der Waals surface area contributed by atoms with Gasteiger partial charge in [0.2, 0.25) is 0 Å². The Morgan fingerprint density at radius 3 is 2.88 bits per heavy atom. The summed E-state index contributed by atoms with van der Waals surface area (Å²) in [5.41, 5.74) is 6.39. The molecule has 2 aromatic carbocycles. The molecule has 5 heteroatoms. The molecule has 1 heterocycles. The van der Waals surface area contributed by atoms with E-state index in [2.05, 4.69) is 23.2 Å². The quantitative estimate of drug-likeness (QED) is 0.725. The van der Waals surface area contributed by atoms with Crippen LogP contribution in [0, 0.1) is 5.92 Å². The summed E-state index contributed by atoms with van der Waals surface area (Å²) < 4.78 is 1.93. The van der Waals surface area contributed by atoms with Gasteiger partial charge in [-0.1, -0.05) is 36.4 Å². The third-order valence-corrected chi connectivity index (χ3v) is 5.33. The number of hydrogen-bond donors (Lipinski definition) is 2. The summed E-state index contributed by atoms with van der Waals surface area (Å²) in [6.45, 7) is 0.594. The highest BCUT2D eigenvalue weighted by atomic mass is 16.4. The van der Waals surface area contributed by atoms with E-state index in [1.807, 2.05) is 35.0 Å². The zero-order valence-corrected chi connectivity index (χ0v) is 13.9. The predicted molar refractivity (Wildman–Crippen MR) is 96.8 cm³/mol. The number of rotatable bonds is 6. The summed E-state index contributed by atoms with van der Waals surface area (Å²) in [5.74, 6) is -0.651. The van der Waals surface area contributed by atoms with Gasteiger partial charge in [-0.05, 0) is 43.2 Å². The maximum absolute atomic E-state index is 11.9. The van der Waals surface area contributed by atoms with Gasteiger partial charge in [0.05, 0.1) is 17.7 Å². The molecule has 2 atom stereocenters. The van der Waals surface area contributed by atoms with Gasteiger partial charge in [-0.15, -0.1) is 0 Å². The van der Waals surface area contributed by atoms with Crippen molar-refractivity contribution in [1.82, 2.24) is 9.55 Å². The molecule has 0 bridgehead atoms. The molecule has 1 aromatic heterocycles. The van der Waals surface area contributed by atoms with Crippen LogP contribution in [0.15, 0.2) is 55.0 Å². The van der Waals surface area contributed by atoms with Gasteiger partial charge in [-0.25, -0.2) is 4.98 Å². The summed E-state index contributed by atoms with van der Waals surface area (Å²) in [6, 6.07) is 14.3. The van der Waals surface area contributed by atoms with Crippen LogP contribution in [0.5, 0.6) is 0 Å². The van der Waals surface area contributed by atoms with E-state index in [4.69, 9.17) is 5.73 Å². The summed E-state index contributed by atoms with van der Waals surface area (Å²) in [4.78, 5) is 16.4. The second-order valence-corrected chi connectivity index (χ2v) is 6.77. The first-order valence-corrected chi connectivity index (χ1v) is 8.63. The highest BCUT2D eigenvalue weighted by Gasteiger charge is 2.62. The van der Waals surface area contributed by atoms with E-state index in [1.165, 1.54) is 0 Å². The lowest BCUT2D eigenvalue weighted by molar-refractivity contribution is -0.140. The molecule has 3 aromatic rings. The van der Waals surface area contributed by atoms with E-state index in [9.17, 15) is 9.90 Å². The molecule has 4 rings (SSSR count). The average molecular weight is 335 g/mol. The van der Waals surface area contributed by atoms with E-state index in [0.29, 0.717) is 18.7 Å². The molecule has 5 nitrogen and oxygen atoms in total. The minimum atomic E-state index is -0.842. The molecule has 0 amide bonds. The molecule has 0 aliphatic heterocycles.